The highest BCUT2D eigenvalue weighted by Gasteiger charge is 2.07. The lowest BCUT2D eigenvalue weighted by Gasteiger charge is -2.05. The third-order valence-electron chi connectivity index (χ3n) is 1.34. The molecule has 13 heavy (non-hydrogen) atoms. The van der Waals surface area contributed by atoms with E-state index in [9.17, 15) is 8.42 Å². The summed E-state index contributed by atoms with van der Waals surface area (Å²) in [5, 5.41) is 0. The van der Waals surface area contributed by atoms with Crippen LogP contribution in [0.2, 0.25) is 0 Å². The highest BCUT2D eigenvalue weighted by molar-refractivity contribution is 7.92. The Labute approximate surface area is 77.0 Å². The highest BCUT2D eigenvalue weighted by atomic mass is 32.2. The van der Waals surface area contributed by atoms with Crippen molar-refractivity contribution < 1.29 is 8.42 Å². The largest absolute Gasteiger partial charge is 0.329 e. The van der Waals surface area contributed by atoms with Crippen LogP contribution >= 0.6 is 0 Å². The molecule has 0 aliphatic carbocycles. The molecule has 0 atom stereocenters. The first kappa shape index (κ1) is 9.94. The van der Waals surface area contributed by atoms with Crippen LogP contribution in [0.25, 0.3) is 0 Å². The minimum absolute atomic E-state index is 0.0741. The van der Waals surface area contributed by atoms with Gasteiger partial charge in [0.1, 0.15) is 0 Å². The average Bonchev–Trinajstić information content (AvgIpc) is 2.04. The topological polar surface area (TPSA) is 85.1 Å². The zero-order chi connectivity index (χ0) is 9.73. The third kappa shape index (κ3) is 3.39. The molecule has 72 valence electrons. The van der Waals surface area contributed by atoms with Crippen molar-refractivity contribution in [1.82, 2.24) is 4.98 Å². The lowest BCUT2D eigenvalue weighted by molar-refractivity contribution is 0.601. The van der Waals surface area contributed by atoms with Crippen molar-refractivity contribution in [1.29, 1.82) is 0 Å². The molecule has 5 nitrogen and oxygen atoms in total. The van der Waals surface area contributed by atoms with Gasteiger partial charge in [0.25, 0.3) is 0 Å². The lowest BCUT2D eigenvalue weighted by atomic mass is 10.4. The summed E-state index contributed by atoms with van der Waals surface area (Å²) in [4.78, 5) is 3.76. The second-order valence-corrected chi connectivity index (χ2v) is 4.29. The summed E-state index contributed by atoms with van der Waals surface area (Å²) in [6.07, 6.45) is 3.03. The van der Waals surface area contributed by atoms with E-state index in [2.05, 4.69) is 9.71 Å². The maximum Gasteiger partial charge on any atom is 0.233 e. The third-order valence-corrected chi connectivity index (χ3v) is 2.66. The quantitative estimate of drug-likeness (QED) is 0.705. The van der Waals surface area contributed by atoms with E-state index in [1.165, 1.54) is 12.4 Å². The first-order valence-electron chi connectivity index (χ1n) is 3.74. The summed E-state index contributed by atoms with van der Waals surface area (Å²) < 4.78 is 24.7. The van der Waals surface area contributed by atoms with Gasteiger partial charge in [-0.2, -0.15) is 0 Å². The van der Waals surface area contributed by atoms with Crippen molar-refractivity contribution in [2.75, 3.05) is 17.0 Å². The van der Waals surface area contributed by atoms with Gasteiger partial charge in [-0.25, -0.2) is 8.42 Å². The van der Waals surface area contributed by atoms with Gasteiger partial charge >= 0.3 is 0 Å². The molecule has 3 N–H and O–H groups in total. The smallest absolute Gasteiger partial charge is 0.233 e. The molecule has 0 aromatic carbocycles. The Bertz CT molecular complexity index is 349. The number of nitrogens with two attached hydrogens (primary N) is 1. The number of anilines is 1. The molecule has 0 bridgehead atoms. The van der Waals surface area contributed by atoms with Crippen LogP contribution in [0, 0.1) is 0 Å². The Morgan fingerprint density at radius 2 is 2.00 bits per heavy atom. The minimum Gasteiger partial charge on any atom is -0.329 e. The molecule has 0 amide bonds. The summed E-state index contributed by atoms with van der Waals surface area (Å²) >= 11 is 0. The van der Waals surface area contributed by atoms with Crippen molar-refractivity contribution in [3.8, 4) is 0 Å². The number of pyridine rings is 1. The van der Waals surface area contributed by atoms with Gasteiger partial charge in [0.2, 0.25) is 10.0 Å². The van der Waals surface area contributed by atoms with Crippen LogP contribution < -0.4 is 10.5 Å². The molecule has 0 saturated carbocycles. The van der Waals surface area contributed by atoms with Gasteiger partial charge in [0.15, 0.2) is 0 Å². The summed E-state index contributed by atoms with van der Waals surface area (Å²) in [6, 6.07) is 3.15. The number of sulfonamides is 1. The summed E-state index contributed by atoms with van der Waals surface area (Å²) in [6.45, 7) is 0.112. The molecule has 0 spiro atoms. The van der Waals surface area contributed by atoms with Crippen molar-refractivity contribution in [2.45, 2.75) is 0 Å². The lowest BCUT2D eigenvalue weighted by Crippen LogP contribution is -2.22. The van der Waals surface area contributed by atoms with Crippen molar-refractivity contribution in [3.63, 3.8) is 0 Å². The average molecular weight is 201 g/mol. The van der Waals surface area contributed by atoms with E-state index in [0.717, 1.165) is 0 Å². The molecule has 0 fully saturated rings. The fourth-order valence-electron chi connectivity index (χ4n) is 0.806. The molecule has 0 aliphatic rings. The number of hydrogen-bond donors (Lipinski definition) is 2. The zero-order valence-corrected chi connectivity index (χ0v) is 7.79. The number of nitrogens with zero attached hydrogens (tertiary/aromatic N) is 1. The molecule has 0 aliphatic heterocycles. The molecule has 0 saturated heterocycles. The Morgan fingerprint density at radius 1 is 1.38 bits per heavy atom. The van der Waals surface area contributed by atoms with Gasteiger partial charge in [0, 0.05) is 18.9 Å². The van der Waals surface area contributed by atoms with Gasteiger partial charge in [-0.05, 0) is 12.1 Å². The zero-order valence-electron chi connectivity index (χ0n) is 6.97. The van der Waals surface area contributed by atoms with Crippen LogP contribution in [0.15, 0.2) is 24.5 Å². The van der Waals surface area contributed by atoms with E-state index in [0.29, 0.717) is 5.69 Å². The molecule has 1 aromatic heterocycles. The fraction of sp³-hybridized carbons (Fsp3) is 0.286. The van der Waals surface area contributed by atoms with Crippen LogP contribution in [0.5, 0.6) is 0 Å². The monoisotopic (exact) mass is 201 g/mol. The van der Waals surface area contributed by atoms with E-state index in [1.54, 1.807) is 12.1 Å². The predicted molar refractivity (Wildman–Crippen MR) is 50.7 cm³/mol. The van der Waals surface area contributed by atoms with Crippen molar-refractivity contribution in [2.24, 2.45) is 5.73 Å². The molecular formula is C7H11N3O2S. The Kier molecular flexibility index (Phi) is 3.21. The van der Waals surface area contributed by atoms with E-state index in [4.69, 9.17) is 5.73 Å². The first-order valence-corrected chi connectivity index (χ1v) is 5.40. The van der Waals surface area contributed by atoms with Gasteiger partial charge < -0.3 is 5.73 Å². The number of aromatic nitrogens is 1. The van der Waals surface area contributed by atoms with Crippen molar-refractivity contribution >= 4 is 15.7 Å². The second kappa shape index (κ2) is 4.20. The number of hydrogen-bond acceptors (Lipinski definition) is 4. The highest BCUT2D eigenvalue weighted by Crippen LogP contribution is 2.05. The van der Waals surface area contributed by atoms with E-state index >= 15 is 0 Å². The molecule has 1 rings (SSSR count). The second-order valence-electron chi connectivity index (χ2n) is 2.45. The Balaban J connectivity index is 2.70. The standard InChI is InChI=1S/C7H11N3O2S/c8-3-6-13(11,12)10-7-1-4-9-5-2-7/h1-2,4-5H,3,6,8H2,(H,9,10). The van der Waals surface area contributed by atoms with Crippen LogP contribution in [0.4, 0.5) is 5.69 Å². The molecule has 1 heterocycles. The van der Waals surface area contributed by atoms with Crippen LogP contribution in [-0.4, -0.2) is 25.7 Å². The predicted octanol–water partition coefficient (Wildman–Crippen LogP) is -0.218. The molecule has 0 unspecified atom stereocenters. The van der Waals surface area contributed by atoms with Gasteiger partial charge in [-0.15, -0.1) is 0 Å². The number of nitrogens with one attached hydrogen (secondary N) is 1. The molecule has 6 heteroatoms. The normalized spacial score (nSPS) is 11.2. The van der Waals surface area contributed by atoms with Gasteiger partial charge in [-0.1, -0.05) is 0 Å². The summed E-state index contributed by atoms with van der Waals surface area (Å²) in [5.41, 5.74) is 5.64. The maximum atomic E-state index is 11.2. The first-order chi connectivity index (χ1) is 6.14. The maximum absolute atomic E-state index is 11.2. The summed E-state index contributed by atoms with van der Waals surface area (Å²) in [7, 11) is -3.29. The molecule has 1 aromatic rings. The Morgan fingerprint density at radius 3 is 2.54 bits per heavy atom. The van der Waals surface area contributed by atoms with Gasteiger partial charge in [0.05, 0.1) is 11.4 Å². The molecular weight excluding hydrogens is 190 g/mol. The number of rotatable bonds is 4. The molecule has 0 radical (unpaired) electrons. The van der Waals surface area contributed by atoms with Crippen LogP contribution in [0.3, 0.4) is 0 Å². The SMILES string of the molecule is NCCS(=O)(=O)Nc1ccncc1. The van der Waals surface area contributed by atoms with Crippen LogP contribution in [-0.2, 0) is 10.0 Å². The van der Waals surface area contributed by atoms with E-state index < -0.39 is 10.0 Å². The minimum atomic E-state index is -3.29. The Hall–Kier alpha value is -1.14. The van der Waals surface area contributed by atoms with Crippen molar-refractivity contribution in [3.05, 3.63) is 24.5 Å². The summed E-state index contributed by atoms with van der Waals surface area (Å²) in [5.74, 6) is -0.0741. The fourth-order valence-corrected chi connectivity index (χ4v) is 1.71. The van der Waals surface area contributed by atoms with E-state index in [-0.39, 0.29) is 12.3 Å². The van der Waals surface area contributed by atoms with Crippen LogP contribution in [0.1, 0.15) is 0 Å². The van der Waals surface area contributed by atoms with E-state index in [1.807, 2.05) is 0 Å². The van der Waals surface area contributed by atoms with Gasteiger partial charge in [-0.3, -0.25) is 9.71 Å².